The highest BCUT2D eigenvalue weighted by atomic mass is 19.1. The number of hydrogen-bond donors (Lipinski definition) is 2. The molecule has 2 aromatic carbocycles. The van der Waals surface area contributed by atoms with Crippen molar-refractivity contribution < 1.29 is 22.4 Å². The van der Waals surface area contributed by atoms with Gasteiger partial charge in [-0.25, -0.2) is 22.4 Å². The third-order valence-corrected chi connectivity index (χ3v) is 2.62. The lowest BCUT2D eigenvalue weighted by Crippen LogP contribution is -2.29. The molecule has 2 rings (SSSR count). The van der Waals surface area contributed by atoms with Gasteiger partial charge in [-0.3, -0.25) is 0 Å². The molecule has 0 unspecified atom stereocenters. The van der Waals surface area contributed by atoms with Gasteiger partial charge in [0.25, 0.3) is 0 Å². The highest BCUT2D eigenvalue weighted by Gasteiger charge is 2.09. The van der Waals surface area contributed by atoms with Crippen LogP contribution in [0.15, 0.2) is 36.4 Å². The van der Waals surface area contributed by atoms with Crippen molar-refractivity contribution in [2.45, 2.75) is 6.54 Å². The molecule has 3 nitrogen and oxygen atoms in total. The second-order valence-electron chi connectivity index (χ2n) is 4.17. The van der Waals surface area contributed by atoms with Gasteiger partial charge in [0.15, 0.2) is 0 Å². The van der Waals surface area contributed by atoms with Crippen LogP contribution in [-0.4, -0.2) is 6.03 Å². The highest BCUT2D eigenvalue weighted by Crippen LogP contribution is 2.15. The Labute approximate surface area is 117 Å². The largest absolute Gasteiger partial charge is 0.334 e. The standard InChI is InChI=1S/C14H10F4N2O/c15-9-1-3-11(17)8(5-9)7-19-14(21)20-13-6-10(16)2-4-12(13)18/h1-6H,7H2,(H2,19,20,21). The molecule has 0 heterocycles. The van der Waals surface area contributed by atoms with Gasteiger partial charge >= 0.3 is 6.03 Å². The van der Waals surface area contributed by atoms with Crippen molar-refractivity contribution in [3.8, 4) is 0 Å². The van der Waals surface area contributed by atoms with E-state index >= 15 is 0 Å². The van der Waals surface area contributed by atoms with E-state index in [0.717, 1.165) is 36.4 Å². The molecule has 0 aromatic heterocycles. The van der Waals surface area contributed by atoms with E-state index in [9.17, 15) is 22.4 Å². The van der Waals surface area contributed by atoms with Crippen LogP contribution in [0.5, 0.6) is 0 Å². The molecule has 7 heteroatoms. The number of benzene rings is 2. The Morgan fingerprint density at radius 2 is 1.52 bits per heavy atom. The van der Waals surface area contributed by atoms with Crippen LogP contribution in [-0.2, 0) is 6.54 Å². The van der Waals surface area contributed by atoms with Crippen molar-refractivity contribution in [3.63, 3.8) is 0 Å². The van der Waals surface area contributed by atoms with Crippen LogP contribution in [0.3, 0.4) is 0 Å². The van der Waals surface area contributed by atoms with E-state index in [1.165, 1.54) is 0 Å². The zero-order valence-corrected chi connectivity index (χ0v) is 10.6. The summed E-state index contributed by atoms with van der Waals surface area (Å²) in [6.45, 7) is -0.299. The van der Waals surface area contributed by atoms with Gasteiger partial charge in [0.05, 0.1) is 5.69 Å². The number of urea groups is 1. The first kappa shape index (κ1) is 14.8. The summed E-state index contributed by atoms with van der Waals surface area (Å²) in [5, 5.41) is 4.29. The minimum atomic E-state index is -0.872. The van der Waals surface area contributed by atoms with E-state index in [2.05, 4.69) is 10.6 Å². The van der Waals surface area contributed by atoms with Gasteiger partial charge in [-0.15, -0.1) is 0 Å². The predicted octanol–water partition coefficient (Wildman–Crippen LogP) is 3.56. The van der Waals surface area contributed by atoms with Crippen molar-refractivity contribution in [2.75, 3.05) is 5.32 Å². The van der Waals surface area contributed by atoms with Crippen LogP contribution in [0, 0.1) is 23.3 Å². The molecular weight excluding hydrogens is 288 g/mol. The van der Waals surface area contributed by atoms with Crippen LogP contribution in [0.2, 0.25) is 0 Å². The molecule has 0 fully saturated rings. The molecule has 2 aromatic rings. The van der Waals surface area contributed by atoms with Crippen molar-refractivity contribution in [1.82, 2.24) is 5.32 Å². The highest BCUT2D eigenvalue weighted by molar-refractivity contribution is 5.89. The van der Waals surface area contributed by atoms with Gasteiger partial charge in [0.2, 0.25) is 0 Å². The Hall–Kier alpha value is -2.57. The molecule has 0 saturated carbocycles. The van der Waals surface area contributed by atoms with E-state index < -0.39 is 29.3 Å². The Morgan fingerprint density at radius 3 is 2.24 bits per heavy atom. The molecule has 0 spiro atoms. The third kappa shape index (κ3) is 3.95. The summed E-state index contributed by atoms with van der Waals surface area (Å²) in [6, 6.07) is 4.49. The van der Waals surface area contributed by atoms with Crippen LogP contribution >= 0.6 is 0 Å². The van der Waals surface area contributed by atoms with Gasteiger partial charge in [-0.05, 0) is 30.3 Å². The lowest BCUT2D eigenvalue weighted by atomic mass is 10.2. The maximum atomic E-state index is 13.3. The van der Waals surface area contributed by atoms with E-state index in [0.29, 0.717) is 0 Å². The first-order valence-electron chi connectivity index (χ1n) is 5.89. The van der Waals surface area contributed by atoms with Crippen LogP contribution < -0.4 is 10.6 Å². The number of carbonyl (C=O) groups is 1. The van der Waals surface area contributed by atoms with Gasteiger partial charge in [-0.1, -0.05) is 0 Å². The zero-order chi connectivity index (χ0) is 15.4. The van der Waals surface area contributed by atoms with Gasteiger partial charge in [-0.2, -0.15) is 0 Å². The van der Waals surface area contributed by atoms with Crippen LogP contribution in [0.4, 0.5) is 28.0 Å². The van der Waals surface area contributed by atoms with Gasteiger partial charge in [0, 0.05) is 18.2 Å². The molecule has 0 radical (unpaired) electrons. The quantitative estimate of drug-likeness (QED) is 0.836. The molecule has 0 saturated heterocycles. The van der Waals surface area contributed by atoms with E-state index in [1.807, 2.05) is 0 Å². The molecule has 2 amide bonds. The summed E-state index contributed by atoms with van der Waals surface area (Å²) < 4.78 is 52.5. The summed E-state index contributed by atoms with van der Waals surface area (Å²) in [7, 11) is 0. The zero-order valence-electron chi connectivity index (χ0n) is 10.6. The number of rotatable bonds is 3. The molecule has 21 heavy (non-hydrogen) atoms. The van der Waals surface area contributed by atoms with E-state index in [-0.39, 0.29) is 17.8 Å². The number of halogens is 4. The average molecular weight is 298 g/mol. The minimum absolute atomic E-state index is 0.0649. The van der Waals surface area contributed by atoms with Crippen molar-refractivity contribution in [3.05, 3.63) is 65.2 Å². The second kappa shape index (κ2) is 6.25. The van der Waals surface area contributed by atoms with Gasteiger partial charge in [0.1, 0.15) is 23.3 Å². The number of carbonyl (C=O) groups excluding carboxylic acids is 1. The van der Waals surface area contributed by atoms with Gasteiger partial charge < -0.3 is 10.6 Å². The normalized spacial score (nSPS) is 10.3. The summed E-state index contributed by atoms with van der Waals surface area (Å²) in [4.78, 5) is 11.5. The number of amides is 2. The molecule has 2 N–H and O–H groups in total. The number of anilines is 1. The minimum Gasteiger partial charge on any atom is -0.334 e. The van der Waals surface area contributed by atoms with Crippen molar-refractivity contribution in [1.29, 1.82) is 0 Å². The Kier molecular flexibility index (Phi) is 4.42. The predicted molar refractivity (Wildman–Crippen MR) is 68.6 cm³/mol. The molecule has 0 atom stereocenters. The summed E-state index contributed by atoms with van der Waals surface area (Å²) >= 11 is 0. The van der Waals surface area contributed by atoms with E-state index in [1.54, 1.807) is 0 Å². The van der Waals surface area contributed by atoms with Crippen LogP contribution in [0.1, 0.15) is 5.56 Å². The fourth-order valence-electron chi connectivity index (χ4n) is 1.61. The molecule has 0 aliphatic rings. The Balaban J connectivity index is 1.99. The first-order chi connectivity index (χ1) is 9.95. The SMILES string of the molecule is O=C(NCc1cc(F)ccc1F)Nc1cc(F)ccc1F. The molecular formula is C14H10F4N2O. The lowest BCUT2D eigenvalue weighted by molar-refractivity contribution is 0.251. The molecule has 110 valence electrons. The molecule has 0 aliphatic heterocycles. The lowest BCUT2D eigenvalue weighted by Gasteiger charge is -2.09. The van der Waals surface area contributed by atoms with E-state index in [4.69, 9.17) is 0 Å². The number of hydrogen-bond acceptors (Lipinski definition) is 1. The topological polar surface area (TPSA) is 41.1 Å². The summed E-state index contributed by atoms with van der Waals surface area (Å²) in [5.41, 5.74) is -0.419. The fraction of sp³-hybridized carbons (Fsp3) is 0.0714. The average Bonchev–Trinajstić information content (AvgIpc) is 2.44. The van der Waals surface area contributed by atoms with Crippen molar-refractivity contribution >= 4 is 11.7 Å². The summed E-state index contributed by atoms with van der Waals surface area (Å²) in [5.74, 6) is -2.87. The monoisotopic (exact) mass is 298 g/mol. The number of nitrogens with one attached hydrogen (secondary N) is 2. The Morgan fingerprint density at radius 1 is 0.905 bits per heavy atom. The first-order valence-corrected chi connectivity index (χ1v) is 5.89. The fourth-order valence-corrected chi connectivity index (χ4v) is 1.61. The maximum Gasteiger partial charge on any atom is 0.319 e. The smallest absolute Gasteiger partial charge is 0.319 e. The summed E-state index contributed by atoms with van der Waals surface area (Å²) in [6.07, 6.45) is 0. The third-order valence-electron chi connectivity index (χ3n) is 2.62. The van der Waals surface area contributed by atoms with Crippen LogP contribution in [0.25, 0.3) is 0 Å². The Bertz CT molecular complexity index is 676. The molecule has 0 aliphatic carbocycles. The molecule has 0 bridgehead atoms. The maximum absolute atomic E-state index is 13.3. The van der Waals surface area contributed by atoms with Crippen molar-refractivity contribution in [2.24, 2.45) is 0 Å². The second-order valence-corrected chi connectivity index (χ2v) is 4.17.